The van der Waals surface area contributed by atoms with Gasteiger partial charge in [0.1, 0.15) is 0 Å². The van der Waals surface area contributed by atoms with E-state index >= 15 is 0 Å². The second-order valence-corrected chi connectivity index (χ2v) is 5.14. The number of fused-ring (bicyclic) bond motifs is 2. The molecule has 2 aromatic rings. The van der Waals surface area contributed by atoms with Crippen LogP contribution in [0.1, 0.15) is 22.4 Å². The molecule has 18 heavy (non-hydrogen) atoms. The normalized spacial score (nSPS) is 14.8. The van der Waals surface area contributed by atoms with Gasteiger partial charge >= 0.3 is 0 Å². The van der Waals surface area contributed by atoms with E-state index in [1.54, 1.807) is 0 Å². The highest BCUT2D eigenvalue weighted by Gasteiger charge is 2.18. The lowest BCUT2D eigenvalue weighted by atomic mass is 9.99. The summed E-state index contributed by atoms with van der Waals surface area (Å²) in [5, 5.41) is 4.14. The lowest BCUT2D eigenvalue weighted by Gasteiger charge is -2.23. The topological polar surface area (TPSA) is 34.0 Å². The molecule has 94 valence electrons. The predicted molar refractivity (Wildman–Crippen MR) is 74.1 cm³/mol. The van der Waals surface area contributed by atoms with Gasteiger partial charge in [0.2, 0.25) is 0 Å². The minimum absolute atomic E-state index is 0.202. The third kappa shape index (κ3) is 1.44. The van der Waals surface area contributed by atoms with Crippen LogP contribution in [0.3, 0.4) is 0 Å². The molecule has 0 unspecified atom stereocenters. The lowest BCUT2D eigenvalue weighted by Crippen LogP contribution is -2.32. The molecule has 2 heterocycles. The highest BCUT2D eigenvalue weighted by molar-refractivity contribution is 5.84. The molecule has 1 aliphatic rings. The molecule has 0 saturated carbocycles. The van der Waals surface area contributed by atoms with E-state index < -0.39 is 0 Å². The standard InChI is InChI=1S/C15H18N2O/c1-9-4-5-11-14(10(9)2)17(3)13-6-7-16-8-12(13)15(11)18/h4-5,16H,6-8H2,1-3H3. The minimum atomic E-state index is 0.202. The Morgan fingerprint density at radius 2 is 2.06 bits per heavy atom. The first kappa shape index (κ1) is 11.5. The number of hydrogen-bond acceptors (Lipinski definition) is 2. The first-order chi connectivity index (χ1) is 8.61. The molecule has 0 spiro atoms. The number of pyridine rings is 1. The number of aryl methyl sites for hydroxylation is 3. The summed E-state index contributed by atoms with van der Waals surface area (Å²) >= 11 is 0. The van der Waals surface area contributed by atoms with Crippen LogP contribution in [0, 0.1) is 13.8 Å². The van der Waals surface area contributed by atoms with Crippen LogP contribution in [0.5, 0.6) is 0 Å². The van der Waals surface area contributed by atoms with Gasteiger partial charge in [-0.05, 0) is 31.0 Å². The second kappa shape index (κ2) is 3.95. The molecule has 1 aromatic carbocycles. The third-order valence-electron chi connectivity index (χ3n) is 4.15. The maximum Gasteiger partial charge on any atom is 0.194 e. The van der Waals surface area contributed by atoms with Crippen molar-refractivity contribution in [2.24, 2.45) is 7.05 Å². The molecular formula is C15H18N2O. The van der Waals surface area contributed by atoms with Crippen molar-refractivity contribution in [1.29, 1.82) is 0 Å². The van der Waals surface area contributed by atoms with Gasteiger partial charge in [0.25, 0.3) is 0 Å². The third-order valence-corrected chi connectivity index (χ3v) is 4.15. The first-order valence-corrected chi connectivity index (χ1v) is 6.42. The lowest BCUT2D eigenvalue weighted by molar-refractivity contribution is 0.607. The van der Waals surface area contributed by atoms with Gasteiger partial charge in [0.05, 0.1) is 5.52 Å². The highest BCUT2D eigenvalue weighted by Crippen LogP contribution is 2.22. The molecule has 1 aliphatic heterocycles. The van der Waals surface area contributed by atoms with Crippen LogP contribution in [0.4, 0.5) is 0 Å². The number of hydrogen-bond donors (Lipinski definition) is 1. The maximum absolute atomic E-state index is 12.5. The Kier molecular flexibility index (Phi) is 2.52. The van der Waals surface area contributed by atoms with Crippen molar-refractivity contribution in [2.45, 2.75) is 26.8 Å². The number of aromatic nitrogens is 1. The maximum atomic E-state index is 12.5. The van der Waals surface area contributed by atoms with Crippen molar-refractivity contribution in [2.75, 3.05) is 6.54 Å². The summed E-state index contributed by atoms with van der Waals surface area (Å²) in [7, 11) is 2.08. The van der Waals surface area contributed by atoms with E-state index in [4.69, 9.17) is 0 Å². The number of benzene rings is 1. The van der Waals surface area contributed by atoms with Gasteiger partial charge in [0.15, 0.2) is 5.43 Å². The molecule has 0 fully saturated rings. The molecule has 1 aromatic heterocycles. The zero-order valence-corrected chi connectivity index (χ0v) is 11.1. The Morgan fingerprint density at radius 3 is 2.83 bits per heavy atom. The Balaban J connectivity index is 2.53. The molecule has 3 heteroatoms. The van der Waals surface area contributed by atoms with Gasteiger partial charge in [-0.15, -0.1) is 0 Å². The second-order valence-electron chi connectivity index (χ2n) is 5.14. The Morgan fingerprint density at radius 1 is 1.28 bits per heavy atom. The monoisotopic (exact) mass is 242 g/mol. The molecule has 1 N–H and O–H groups in total. The molecule has 0 amide bonds. The molecule has 3 nitrogen and oxygen atoms in total. The van der Waals surface area contributed by atoms with E-state index in [0.29, 0.717) is 6.54 Å². The molecule has 3 rings (SSSR count). The van der Waals surface area contributed by atoms with E-state index in [9.17, 15) is 4.79 Å². The Labute approximate surface area is 106 Å². The van der Waals surface area contributed by atoms with E-state index in [1.807, 2.05) is 12.1 Å². The summed E-state index contributed by atoms with van der Waals surface area (Å²) in [6, 6.07) is 4.01. The average Bonchev–Trinajstić information content (AvgIpc) is 2.39. The summed E-state index contributed by atoms with van der Waals surface area (Å²) in [6.07, 6.45) is 0.935. The smallest absolute Gasteiger partial charge is 0.194 e. The van der Waals surface area contributed by atoms with E-state index in [1.165, 1.54) is 16.8 Å². The van der Waals surface area contributed by atoms with Crippen LogP contribution in [0.25, 0.3) is 10.9 Å². The van der Waals surface area contributed by atoms with Gasteiger partial charge in [-0.3, -0.25) is 4.79 Å². The fourth-order valence-electron chi connectivity index (χ4n) is 2.97. The molecule has 0 aliphatic carbocycles. The summed E-state index contributed by atoms with van der Waals surface area (Å²) < 4.78 is 2.22. The van der Waals surface area contributed by atoms with Crippen LogP contribution >= 0.6 is 0 Å². The van der Waals surface area contributed by atoms with Gasteiger partial charge < -0.3 is 9.88 Å². The first-order valence-electron chi connectivity index (χ1n) is 6.42. The van der Waals surface area contributed by atoms with Crippen LogP contribution in [0.2, 0.25) is 0 Å². The number of nitrogens with one attached hydrogen (secondary N) is 1. The zero-order valence-electron chi connectivity index (χ0n) is 11.1. The average molecular weight is 242 g/mol. The van der Waals surface area contributed by atoms with Crippen LogP contribution in [0.15, 0.2) is 16.9 Å². The fraction of sp³-hybridized carbons (Fsp3) is 0.400. The summed E-state index contributed by atoms with van der Waals surface area (Å²) in [6.45, 7) is 5.85. The highest BCUT2D eigenvalue weighted by atomic mass is 16.1. The number of rotatable bonds is 0. The molecule has 0 radical (unpaired) electrons. The van der Waals surface area contributed by atoms with Crippen LogP contribution in [-0.2, 0) is 20.0 Å². The van der Waals surface area contributed by atoms with Gasteiger partial charge in [0, 0.05) is 43.2 Å². The minimum Gasteiger partial charge on any atom is -0.347 e. The van der Waals surface area contributed by atoms with Crippen molar-refractivity contribution >= 4 is 10.9 Å². The van der Waals surface area contributed by atoms with Gasteiger partial charge in [-0.1, -0.05) is 6.07 Å². The van der Waals surface area contributed by atoms with Crippen molar-refractivity contribution < 1.29 is 0 Å². The summed E-state index contributed by atoms with van der Waals surface area (Å²) in [5.41, 5.74) is 5.90. The number of nitrogens with zero attached hydrogens (tertiary/aromatic N) is 1. The zero-order chi connectivity index (χ0) is 12.9. The molecule has 0 bridgehead atoms. The van der Waals surface area contributed by atoms with E-state index in [2.05, 4.69) is 30.8 Å². The van der Waals surface area contributed by atoms with Crippen LogP contribution in [-0.4, -0.2) is 11.1 Å². The van der Waals surface area contributed by atoms with Gasteiger partial charge in [-0.2, -0.15) is 0 Å². The Bertz CT molecular complexity index is 698. The van der Waals surface area contributed by atoms with E-state index in [-0.39, 0.29) is 5.43 Å². The largest absolute Gasteiger partial charge is 0.347 e. The van der Waals surface area contributed by atoms with E-state index in [0.717, 1.165) is 29.4 Å². The fourth-order valence-corrected chi connectivity index (χ4v) is 2.97. The Hall–Kier alpha value is -1.61. The molecule has 0 saturated heterocycles. The van der Waals surface area contributed by atoms with Crippen molar-refractivity contribution in [1.82, 2.24) is 9.88 Å². The molecule has 0 atom stereocenters. The van der Waals surface area contributed by atoms with Crippen molar-refractivity contribution in [3.8, 4) is 0 Å². The summed E-state index contributed by atoms with van der Waals surface area (Å²) in [5.74, 6) is 0. The van der Waals surface area contributed by atoms with Crippen molar-refractivity contribution in [3.05, 3.63) is 44.7 Å². The molecular weight excluding hydrogens is 224 g/mol. The van der Waals surface area contributed by atoms with Crippen LogP contribution < -0.4 is 10.7 Å². The van der Waals surface area contributed by atoms with Gasteiger partial charge in [-0.25, -0.2) is 0 Å². The quantitative estimate of drug-likeness (QED) is 0.764. The predicted octanol–water partition coefficient (Wildman–Crippen LogP) is 1.80. The van der Waals surface area contributed by atoms with Crippen molar-refractivity contribution in [3.63, 3.8) is 0 Å². The summed E-state index contributed by atoms with van der Waals surface area (Å²) in [4.78, 5) is 12.5. The SMILES string of the molecule is Cc1ccc2c(=O)c3c(n(C)c2c1C)CCNC3.